The van der Waals surface area contributed by atoms with Crippen LogP contribution in [0.5, 0.6) is 0 Å². The smallest absolute Gasteiger partial charge is 0.309 e. The molecule has 0 bridgehead atoms. The van der Waals surface area contributed by atoms with Crippen molar-refractivity contribution in [3.8, 4) is 0 Å². The van der Waals surface area contributed by atoms with Gasteiger partial charge in [0, 0.05) is 12.8 Å². The van der Waals surface area contributed by atoms with Crippen molar-refractivity contribution < 1.29 is 28.6 Å². The van der Waals surface area contributed by atoms with Gasteiger partial charge in [-0.25, -0.2) is 0 Å². The lowest BCUT2D eigenvalue weighted by Crippen LogP contribution is -2.30. The van der Waals surface area contributed by atoms with Crippen LogP contribution in [0.2, 0.25) is 0 Å². The molecule has 6 nitrogen and oxygen atoms in total. The molecule has 6 heteroatoms. The second-order valence-corrected chi connectivity index (χ2v) is 13.9. The molecule has 0 aliphatic rings. The summed E-state index contributed by atoms with van der Waals surface area (Å²) in [5, 5.41) is 0. The van der Waals surface area contributed by atoms with E-state index in [0.717, 1.165) is 83.5 Å². The number of carbonyl (C=O) groups excluding carboxylic acids is 3. The van der Waals surface area contributed by atoms with Crippen molar-refractivity contribution in [2.45, 2.75) is 194 Å². The third-order valence-electron chi connectivity index (χ3n) is 8.73. The molecule has 0 fully saturated rings. The molecule has 0 amide bonds. The molecule has 0 N–H and O–H groups in total. The summed E-state index contributed by atoms with van der Waals surface area (Å²) in [6.45, 7) is 6.34. The van der Waals surface area contributed by atoms with Crippen molar-refractivity contribution in [1.29, 1.82) is 0 Å². The summed E-state index contributed by atoms with van der Waals surface area (Å²) in [5.41, 5.74) is 0. The average Bonchev–Trinajstić information content (AvgIpc) is 3.15. The van der Waals surface area contributed by atoms with E-state index in [1.54, 1.807) is 6.08 Å². The molecule has 0 aliphatic carbocycles. The van der Waals surface area contributed by atoms with Gasteiger partial charge in [0.1, 0.15) is 13.2 Å². The molecule has 302 valence electrons. The van der Waals surface area contributed by atoms with Gasteiger partial charge >= 0.3 is 17.9 Å². The van der Waals surface area contributed by atoms with Crippen LogP contribution in [-0.2, 0) is 28.6 Å². The van der Waals surface area contributed by atoms with Gasteiger partial charge in [-0.2, -0.15) is 0 Å². The molecule has 0 radical (unpaired) electrons. The van der Waals surface area contributed by atoms with Crippen LogP contribution in [0.25, 0.3) is 0 Å². The Hall–Kier alpha value is -3.15. The predicted octanol–water partition coefficient (Wildman–Crippen LogP) is 13.5. The number of esters is 3. The van der Waals surface area contributed by atoms with Gasteiger partial charge in [-0.05, 0) is 64.2 Å². The first-order valence-corrected chi connectivity index (χ1v) is 21.4. The lowest BCUT2D eigenvalue weighted by molar-refractivity contribution is -0.166. The van der Waals surface area contributed by atoms with Crippen LogP contribution < -0.4 is 0 Å². The standard InChI is InChI=1S/C47H78O6/c1-4-7-10-13-16-19-21-22-23-24-26-28-31-34-37-40-46(49)52-43-44(42-51-45(48)39-36-33-30-27-18-15-12-9-6-3)53-47(50)41-38-35-32-29-25-20-17-14-11-8-5-2/h7,10,14,16-17,19,22-23,26,28,34,37,44H,4-6,8-9,11-13,15,18,20-21,24-25,27,29-33,35-36,38-43H2,1-3H3/b10-7-,17-14-,19-16-,23-22-,28-26-,37-34-. The number of ether oxygens (including phenoxy) is 3. The summed E-state index contributed by atoms with van der Waals surface area (Å²) < 4.78 is 16.5. The summed E-state index contributed by atoms with van der Waals surface area (Å²) in [4.78, 5) is 37.5. The minimum absolute atomic E-state index is 0.108. The van der Waals surface area contributed by atoms with Gasteiger partial charge < -0.3 is 14.2 Å². The fraction of sp³-hybridized carbons (Fsp3) is 0.681. The Bertz CT molecular complexity index is 1030. The van der Waals surface area contributed by atoms with Crippen molar-refractivity contribution >= 4 is 17.9 Å². The first kappa shape index (κ1) is 49.9. The fourth-order valence-corrected chi connectivity index (χ4v) is 5.49. The lowest BCUT2D eigenvalue weighted by Gasteiger charge is -2.18. The third-order valence-corrected chi connectivity index (χ3v) is 8.73. The summed E-state index contributed by atoms with van der Waals surface area (Å²) in [5.74, 6) is -1.06. The maximum absolute atomic E-state index is 12.6. The van der Waals surface area contributed by atoms with Crippen LogP contribution in [0, 0.1) is 0 Å². The van der Waals surface area contributed by atoms with Crippen molar-refractivity contribution in [2.75, 3.05) is 13.2 Å². The largest absolute Gasteiger partial charge is 0.462 e. The van der Waals surface area contributed by atoms with Gasteiger partial charge in [0.05, 0.1) is 6.42 Å². The quantitative estimate of drug-likeness (QED) is 0.0273. The zero-order valence-corrected chi connectivity index (χ0v) is 34.3. The van der Waals surface area contributed by atoms with Crippen LogP contribution in [-0.4, -0.2) is 37.2 Å². The zero-order valence-electron chi connectivity index (χ0n) is 34.3. The highest BCUT2D eigenvalue weighted by molar-refractivity contribution is 5.72. The molecule has 0 aliphatic heterocycles. The van der Waals surface area contributed by atoms with Gasteiger partial charge in [0.15, 0.2) is 6.10 Å². The number of allylic oxidation sites excluding steroid dienone is 11. The van der Waals surface area contributed by atoms with Crippen LogP contribution >= 0.6 is 0 Å². The van der Waals surface area contributed by atoms with Gasteiger partial charge in [0.25, 0.3) is 0 Å². The molecule has 1 unspecified atom stereocenters. The van der Waals surface area contributed by atoms with E-state index in [9.17, 15) is 14.4 Å². The van der Waals surface area contributed by atoms with E-state index in [4.69, 9.17) is 14.2 Å². The van der Waals surface area contributed by atoms with Gasteiger partial charge in [-0.3, -0.25) is 14.4 Å². The van der Waals surface area contributed by atoms with E-state index in [1.807, 2.05) is 6.08 Å². The lowest BCUT2D eigenvalue weighted by atomic mass is 10.1. The fourth-order valence-electron chi connectivity index (χ4n) is 5.49. The Labute approximate surface area is 325 Å². The summed E-state index contributed by atoms with van der Waals surface area (Å²) in [6.07, 6.45) is 50.5. The van der Waals surface area contributed by atoms with E-state index < -0.39 is 12.1 Å². The molecule has 0 aromatic rings. The number of hydrogen-bond donors (Lipinski definition) is 0. The van der Waals surface area contributed by atoms with E-state index in [0.29, 0.717) is 12.8 Å². The molecule has 53 heavy (non-hydrogen) atoms. The third kappa shape index (κ3) is 39.9. The van der Waals surface area contributed by atoms with Crippen LogP contribution in [0.3, 0.4) is 0 Å². The monoisotopic (exact) mass is 739 g/mol. The molecule has 0 aromatic heterocycles. The second kappa shape index (κ2) is 41.6. The average molecular weight is 739 g/mol. The van der Waals surface area contributed by atoms with Crippen molar-refractivity contribution in [1.82, 2.24) is 0 Å². The Morgan fingerprint density at radius 1 is 0.415 bits per heavy atom. The topological polar surface area (TPSA) is 78.9 Å². The highest BCUT2D eigenvalue weighted by Crippen LogP contribution is 2.12. The van der Waals surface area contributed by atoms with Crippen LogP contribution in [0.15, 0.2) is 72.9 Å². The first-order valence-electron chi connectivity index (χ1n) is 21.4. The maximum atomic E-state index is 12.6. The molecular weight excluding hydrogens is 661 g/mol. The van der Waals surface area contributed by atoms with E-state index in [-0.39, 0.29) is 31.6 Å². The highest BCUT2D eigenvalue weighted by atomic mass is 16.6. The highest BCUT2D eigenvalue weighted by Gasteiger charge is 2.19. The maximum Gasteiger partial charge on any atom is 0.309 e. The Balaban J connectivity index is 4.52. The molecule has 0 saturated heterocycles. The molecule has 0 saturated carbocycles. The number of carbonyl (C=O) groups is 3. The Kier molecular flexibility index (Phi) is 39.1. The minimum Gasteiger partial charge on any atom is -0.462 e. The molecule has 0 spiro atoms. The van der Waals surface area contributed by atoms with Gasteiger partial charge in [-0.1, -0.05) is 177 Å². The Morgan fingerprint density at radius 2 is 0.830 bits per heavy atom. The molecule has 1 atom stereocenters. The number of unbranched alkanes of at least 4 members (excludes halogenated alkanes) is 15. The molecule has 0 aromatic carbocycles. The van der Waals surface area contributed by atoms with Crippen molar-refractivity contribution in [3.63, 3.8) is 0 Å². The van der Waals surface area contributed by atoms with Crippen LogP contribution in [0.1, 0.15) is 188 Å². The summed E-state index contributed by atoms with van der Waals surface area (Å²) in [7, 11) is 0. The summed E-state index contributed by atoms with van der Waals surface area (Å²) in [6, 6.07) is 0. The summed E-state index contributed by atoms with van der Waals surface area (Å²) >= 11 is 0. The normalized spacial score (nSPS) is 12.7. The van der Waals surface area contributed by atoms with E-state index in [1.165, 1.54) is 64.2 Å². The minimum atomic E-state index is -0.814. The van der Waals surface area contributed by atoms with Crippen molar-refractivity contribution in [3.05, 3.63) is 72.9 Å². The number of hydrogen-bond acceptors (Lipinski definition) is 6. The SMILES string of the molecule is CC/C=C\C/C=C\C/C=C\C/C=C\C/C=C\CC(=O)OCC(COC(=O)CCCCCCCCCCC)OC(=O)CCCCCCC/C=C\CCCC. The van der Waals surface area contributed by atoms with Gasteiger partial charge in [-0.15, -0.1) is 0 Å². The zero-order chi connectivity index (χ0) is 38.7. The number of rotatable bonds is 37. The predicted molar refractivity (Wildman–Crippen MR) is 224 cm³/mol. The van der Waals surface area contributed by atoms with Crippen LogP contribution in [0.4, 0.5) is 0 Å². The Morgan fingerprint density at radius 3 is 1.36 bits per heavy atom. The molecule has 0 rings (SSSR count). The van der Waals surface area contributed by atoms with E-state index in [2.05, 4.69) is 81.5 Å². The molecule has 0 heterocycles. The van der Waals surface area contributed by atoms with Crippen molar-refractivity contribution in [2.24, 2.45) is 0 Å². The first-order chi connectivity index (χ1) is 26.0. The molecular formula is C47H78O6. The van der Waals surface area contributed by atoms with E-state index >= 15 is 0 Å². The second-order valence-electron chi connectivity index (χ2n) is 13.9. The van der Waals surface area contributed by atoms with Gasteiger partial charge in [0.2, 0.25) is 0 Å².